The van der Waals surface area contributed by atoms with Gasteiger partial charge in [0.15, 0.2) is 0 Å². The van der Waals surface area contributed by atoms with Crippen LogP contribution >= 0.6 is 11.3 Å². The van der Waals surface area contributed by atoms with Crippen molar-refractivity contribution in [1.82, 2.24) is 4.90 Å². The SMILES string of the molecule is CCOC(=O)c1c(NC(=O)c2ccc(OC)cc2)sc(C(=O)N2CCCCC2)c1C. The van der Waals surface area contributed by atoms with Crippen LogP contribution in [0.25, 0.3) is 0 Å². The molecular weight excluding hydrogens is 404 g/mol. The highest BCUT2D eigenvalue weighted by Crippen LogP contribution is 2.35. The lowest BCUT2D eigenvalue weighted by molar-refractivity contribution is 0.0527. The van der Waals surface area contributed by atoms with Crippen LogP contribution in [0.3, 0.4) is 0 Å². The van der Waals surface area contributed by atoms with Crippen LogP contribution < -0.4 is 10.1 Å². The van der Waals surface area contributed by atoms with Gasteiger partial charge in [-0.05, 0) is 62.9 Å². The summed E-state index contributed by atoms with van der Waals surface area (Å²) < 4.78 is 10.3. The number of ether oxygens (including phenoxy) is 2. The zero-order valence-electron chi connectivity index (χ0n) is 17.4. The first-order chi connectivity index (χ1) is 14.5. The molecule has 160 valence electrons. The van der Waals surface area contributed by atoms with Gasteiger partial charge in [0.1, 0.15) is 10.8 Å². The monoisotopic (exact) mass is 430 g/mol. The number of nitrogens with zero attached hydrogens (tertiary/aromatic N) is 1. The van der Waals surface area contributed by atoms with E-state index in [0.29, 0.717) is 39.8 Å². The van der Waals surface area contributed by atoms with Gasteiger partial charge in [-0.25, -0.2) is 4.79 Å². The number of amides is 2. The predicted molar refractivity (Wildman–Crippen MR) is 116 cm³/mol. The third kappa shape index (κ3) is 4.64. The Morgan fingerprint density at radius 1 is 1.10 bits per heavy atom. The first kappa shape index (κ1) is 21.8. The van der Waals surface area contributed by atoms with Crippen molar-refractivity contribution in [3.63, 3.8) is 0 Å². The third-order valence-corrected chi connectivity index (χ3v) is 6.24. The fraction of sp³-hybridized carbons (Fsp3) is 0.409. The Hall–Kier alpha value is -2.87. The summed E-state index contributed by atoms with van der Waals surface area (Å²) in [5.41, 5.74) is 1.20. The molecule has 0 radical (unpaired) electrons. The molecular formula is C22H26N2O5S. The van der Waals surface area contributed by atoms with E-state index in [1.165, 1.54) is 0 Å². The highest BCUT2D eigenvalue weighted by molar-refractivity contribution is 7.18. The zero-order chi connectivity index (χ0) is 21.7. The minimum atomic E-state index is -0.547. The Bertz CT molecular complexity index is 930. The number of piperidine rings is 1. The quantitative estimate of drug-likeness (QED) is 0.697. The van der Waals surface area contributed by atoms with Crippen molar-refractivity contribution >= 4 is 34.1 Å². The summed E-state index contributed by atoms with van der Waals surface area (Å²) in [5, 5.41) is 3.12. The summed E-state index contributed by atoms with van der Waals surface area (Å²) in [4.78, 5) is 40.7. The standard InChI is InChI=1S/C22H26N2O5S/c1-4-29-22(27)17-14(2)18(21(26)24-12-6-5-7-13-24)30-20(17)23-19(25)15-8-10-16(28-3)11-9-15/h8-11H,4-7,12-13H2,1-3H3,(H,23,25). The van der Waals surface area contributed by atoms with Crippen LogP contribution in [0.4, 0.5) is 5.00 Å². The van der Waals surface area contributed by atoms with E-state index in [1.54, 1.807) is 45.2 Å². The normalized spacial score (nSPS) is 13.6. The van der Waals surface area contributed by atoms with Gasteiger partial charge in [0.25, 0.3) is 11.8 Å². The van der Waals surface area contributed by atoms with Gasteiger partial charge in [0.2, 0.25) is 0 Å². The molecule has 30 heavy (non-hydrogen) atoms. The molecule has 8 heteroatoms. The number of carbonyl (C=O) groups excluding carboxylic acids is 3. The van der Waals surface area contributed by atoms with Crippen molar-refractivity contribution in [2.24, 2.45) is 0 Å². The fourth-order valence-corrected chi connectivity index (χ4v) is 4.57. The maximum absolute atomic E-state index is 13.1. The Morgan fingerprint density at radius 3 is 2.37 bits per heavy atom. The van der Waals surface area contributed by atoms with Crippen LogP contribution in [-0.4, -0.2) is 49.5 Å². The average Bonchev–Trinajstić information content (AvgIpc) is 3.09. The smallest absolute Gasteiger partial charge is 0.341 e. The molecule has 1 N–H and O–H groups in total. The molecule has 2 aromatic rings. The van der Waals surface area contributed by atoms with Crippen LogP contribution in [0.1, 0.15) is 62.1 Å². The van der Waals surface area contributed by atoms with Crippen molar-refractivity contribution in [2.45, 2.75) is 33.1 Å². The van der Waals surface area contributed by atoms with Crippen molar-refractivity contribution in [2.75, 3.05) is 32.1 Å². The van der Waals surface area contributed by atoms with Crippen LogP contribution in [0, 0.1) is 6.92 Å². The van der Waals surface area contributed by atoms with Gasteiger partial charge in [-0.2, -0.15) is 0 Å². The predicted octanol–water partition coefficient (Wildman–Crippen LogP) is 4.12. The summed E-state index contributed by atoms with van der Waals surface area (Å²) in [6.45, 7) is 5.06. The van der Waals surface area contributed by atoms with Crippen LogP contribution in [0.15, 0.2) is 24.3 Å². The number of benzene rings is 1. The topological polar surface area (TPSA) is 84.9 Å². The van der Waals surface area contributed by atoms with E-state index in [0.717, 1.165) is 30.6 Å². The third-order valence-electron chi connectivity index (χ3n) is 5.04. The first-order valence-electron chi connectivity index (χ1n) is 10.0. The molecule has 0 aliphatic carbocycles. The first-order valence-corrected chi connectivity index (χ1v) is 10.8. The van der Waals surface area contributed by atoms with Gasteiger partial charge < -0.3 is 19.7 Å². The molecule has 2 amide bonds. The number of hydrogen-bond donors (Lipinski definition) is 1. The molecule has 0 unspecified atom stereocenters. The number of esters is 1. The largest absolute Gasteiger partial charge is 0.497 e. The summed E-state index contributed by atoms with van der Waals surface area (Å²) in [6.07, 6.45) is 3.06. The molecule has 3 rings (SSSR count). The van der Waals surface area contributed by atoms with Crippen LogP contribution in [0.2, 0.25) is 0 Å². The van der Waals surface area contributed by atoms with Crippen LogP contribution in [-0.2, 0) is 4.74 Å². The number of rotatable bonds is 6. The number of methoxy groups -OCH3 is 1. The zero-order valence-corrected chi connectivity index (χ0v) is 18.3. The Kier molecular flexibility index (Phi) is 7.10. The second-order valence-electron chi connectivity index (χ2n) is 7.02. The molecule has 1 aliphatic heterocycles. The van der Waals surface area contributed by atoms with Crippen molar-refractivity contribution in [1.29, 1.82) is 0 Å². The van der Waals surface area contributed by atoms with Gasteiger partial charge in [-0.3, -0.25) is 9.59 Å². The van der Waals surface area contributed by atoms with E-state index in [1.807, 2.05) is 4.90 Å². The minimum Gasteiger partial charge on any atom is -0.497 e. The highest BCUT2D eigenvalue weighted by atomic mass is 32.1. The minimum absolute atomic E-state index is 0.104. The van der Waals surface area contributed by atoms with Crippen molar-refractivity contribution < 1.29 is 23.9 Å². The Labute approximate surface area is 180 Å². The van der Waals surface area contributed by atoms with E-state index in [9.17, 15) is 14.4 Å². The van der Waals surface area contributed by atoms with Crippen molar-refractivity contribution in [3.8, 4) is 5.75 Å². The van der Waals surface area contributed by atoms with E-state index in [-0.39, 0.29) is 24.0 Å². The van der Waals surface area contributed by atoms with E-state index >= 15 is 0 Å². The summed E-state index contributed by atoms with van der Waals surface area (Å²) in [5.74, 6) is -0.386. The van der Waals surface area contributed by atoms with Crippen LogP contribution in [0.5, 0.6) is 5.75 Å². The lowest BCUT2D eigenvalue weighted by Crippen LogP contribution is -2.35. The molecule has 0 saturated carbocycles. The lowest BCUT2D eigenvalue weighted by Gasteiger charge is -2.26. The summed E-state index contributed by atoms with van der Waals surface area (Å²) in [6, 6.07) is 6.65. The average molecular weight is 431 g/mol. The second-order valence-corrected chi connectivity index (χ2v) is 8.04. The molecule has 0 spiro atoms. The molecule has 0 atom stereocenters. The van der Waals surface area contributed by atoms with Gasteiger partial charge in [-0.15, -0.1) is 11.3 Å². The summed E-state index contributed by atoms with van der Waals surface area (Å²) >= 11 is 1.12. The molecule has 1 aromatic heterocycles. The van der Waals surface area contributed by atoms with Gasteiger partial charge >= 0.3 is 5.97 Å². The molecule has 1 saturated heterocycles. The molecule has 1 aliphatic rings. The number of anilines is 1. The van der Waals surface area contributed by atoms with E-state index in [2.05, 4.69) is 5.32 Å². The maximum Gasteiger partial charge on any atom is 0.341 e. The van der Waals surface area contributed by atoms with Gasteiger partial charge in [0, 0.05) is 18.7 Å². The molecule has 2 heterocycles. The number of likely N-dealkylation sites (tertiary alicyclic amines) is 1. The Morgan fingerprint density at radius 2 is 1.77 bits per heavy atom. The fourth-order valence-electron chi connectivity index (χ4n) is 3.41. The number of carbonyl (C=O) groups is 3. The number of nitrogens with one attached hydrogen (secondary N) is 1. The summed E-state index contributed by atoms with van der Waals surface area (Å²) in [7, 11) is 1.55. The van der Waals surface area contributed by atoms with E-state index < -0.39 is 5.97 Å². The van der Waals surface area contributed by atoms with Gasteiger partial charge in [-0.1, -0.05) is 0 Å². The maximum atomic E-state index is 13.1. The second kappa shape index (κ2) is 9.75. The lowest BCUT2D eigenvalue weighted by atomic mass is 10.1. The van der Waals surface area contributed by atoms with E-state index in [4.69, 9.17) is 9.47 Å². The van der Waals surface area contributed by atoms with Gasteiger partial charge in [0.05, 0.1) is 24.2 Å². The van der Waals surface area contributed by atoms with Crippen molar-refractivity contribution in [3.05, 3.63) is 45.8 Å². The highest BCUT2D eigenvalue weighted by Gasteiger charge is 2.29. The molecule has 1 fully saturated rings. The Balaban J connectivity index is 1.91. The molecule has 7 nitrogen and oxygen atoms in total. The molecule has 0 bridgehead atoms. The number of hydrogen-bond acceptors (Lipinski definition) is 6. The number of thiophene rings is 1. The molecule has 1 aromatic carbocycles.